The molecule has 0 nitrogen and oxygen atoms in total. The highest BCUT2D eigenvalue weighted by Crippen LogP contribution is 2.60. The van der Waals surface area contributed by atoms with Gasteiger partial charge in [0.15, 0.2) is 0 Å². The second kappa shape index (κ2) is 4.31. The number of hydrogen-bond acceptors (Lipinski definition) is 0. The Balaban J connectivity index is 2.23. The highest BCUT2D eigenvalue weighted by atomic mass is 79.9. The van der Waals surface area contributed by atoms with Crippen LogP contribution in [0.3, 0.4) is 0 Å². The summed E-state index contributed by atoms with van der Waals surface area (Å²) in [5.41, 5.74) is 0.953. The molecule has 3 heteroatoms. The van der Waals surface area contributed by atoms with E-state index in [1.165, 1.54) is 32.1 Å². The van der Waals surface area contributed by atoms with Crippen LogP contribution < -0.4 is 0 Å². The first-order valence-corrected chi connectivity index (χ1v) is 8.86. The van der Waals surface area contributed by atoms with Gasteiger partial charge in [0.25, 0.3) is 0 Å². The smallest absolute Gasteiger partial charge is 0.0378 e. The van der Waals surface area contributed by atoms with Crippen LogP contribution in [0.1, 0.15) is 32.1 Å². The Kier molecular flexibility index (Phi) is 4.06. The van der Waals surface area contributed by atoms with Crippen LogP contribution in [0.25, 0.3) is 0 Å². The van der Waals surface area contributed by atoms with Crippen LogP contribution in [0.2, 0.25) is 0 Å². The zero-order valence-corrected chi connectivity index (χ0v) is 9.38. The molecule has 0 aromatic carbocycles. The molecule has 0 saturated heterocycles. The Morgan fingerprint density at radius 3 is 1.89 bits per heavy atom. The lowest BCUT2D eigenvalue weighted by Gasteiger charge is -2.22. The molecule has 0 bridgehead atoms. The van der Waals surface area contributed by atoms with Crippen LogP contribution >= 0.6 is 36.3 Å². The molecule has 0 N–H and O–H groups in total. The van der Waals surface area contributed by atoms with Gasteiger partial charge in [-0.3, -0.25) is 0 Å². The third kappa shape index (κ3) is 2.86. The normalized spacial score (nSPS) is 23.0. The van der Waals surface area contributed by atoms with Crippen LogP contribution in [-0.4, -0.2) is 5.66 Å². The number of rotatable bonds is 1. The van der Waals surface area contributed by atoms with E-state index in [9.17, 15) is 0 Å². The van der Waals surface area contributed by atoms with Crippen LogP contribution in [0.5, 0.6) is 0 Å². The molecule has 0 radical (unpaired) electrons. The minimum atomic E-state index is 0.00637. The van der Waals surface area contributed by atoms with E-state index in [0.717, 1.165) is 5.66 Å². The molecule has 0 aliphatic heterocycles. The van der Waals surface area contributed by atoms with Gasteiger partial charge < -0.3 is 0 Å². The van der Waals surface area contributed by atoms with Gasteiger partial charge in [-0.1, -0.05) is 19.3 Å². The van der Waals surface area contributed by atoms with Crippen molar-refractivity contribution in [1.82, 2.24) is 0 Å². The van der Waals surface area contributed by atoms with Crippen molar-refractivity contribution in [1.29, 1.82) is 0 Å². The fourth-order valence-electron chi connectivity index (χ4n) is 1.28. The van der Waals surface area contributed by atoms with E-state index in [4.69, 9.17) is 0 Å². The summed E-state index contributed by atoms with van der Waals surface area (Å²) in [5.74, 6) is 0. The van der Waals surface area contributed by atoms with Crippen molar-refractivity contribution in [3.63, 3.8) is 0 Å². The Bertz CT molecular complexity index is 79.1. The summed E-state index contributed by atoms with van der Waals surface area (Å²) < 4.78 is 0. The van der Waals surface area contributed by atoms with Crippen molar-refractivity contribution in [2.45, 2.75) is 37.8 Å². The Morgan fingerprint density at radius 2 is 1.56 bits per heavy atom. The van der Waals surface area contributed by atoms with Crippen LogP contribution in [-0.2, 0) is 0 Å². The molecule has 54 valence electrons. The first kappa shape index (κ1) is 8.49. The molecule has 0 heterocycles. The average molecular weight is 274 g/mol. The molecule has 1 rings (SSSR count). The van der Waals surface area contributed by atoms with E-state index in [1.807, 2.05) is 0 Å². The lowest BCUT2D eigenvalue weighted by atomic mass is 10.0. The standard InChI is InChI=1S/C6H11Br2P/c7-9(8)6-4-2-1-3-5-6/h6H,1-5H2. The van der Waals surface area contributed by atoms with Gasteiger partial charge in [0.2, 0.25) is 0 Å². The summed E-state index contributed by atoms with van der Waals surface area (Å²) in [4.78, 5) is 0. The molecule has 0 amide bonds. The first-order valence-electron chi connectivity index (χ1n) is 3.41. The van der Waals surface area contributed by atoms with Gasteiger partial charge in [0, 0.05) is 5.33 Å². The van der Waals surface area contributed by atoms with Crippen molar-refractivity contribution in [2.24, 2.45) is 0 Å². The molecule has 1 aliphatic carbocycles. The minimum absolute atomic E-state index is 0.00637. The largest absolute Gasteiger partial charge is 0.0533 e. The predicted molar refractivity (Wildman–Crippen MR) is 51.6 cm³/mol. The molecule has 9 heavy (non-hydrogen) atoms. The van der Waals surface area contributed by atoms with Crippen molar-refractivity contribution < 1.29 is 0 Å². The topological polar surface area (TPSA) is 0 Å². The van der Waals surface area contributed by atoms with Crippen LogP contribution in [0.4, 0.5) is 0 Å². The van der Waals surface area contributed by atoms with Crippen molar-refractivity contribution in [3.8, 4) is 0 Å². The minimum Gasteiger partial charge on any atom is -0.0533 e. The zero-order chi connectivity index (χ0) is 6.69. The second-order valence-electron chi connectivity index (χ2n) is 2.55. The summed E-state index contributed by atoms with van der Waals surface area (Å²) in [6.45, 7) is 0. The molecule has 0 aromatic heterocycles. The molecule has 1 saturated carbocycles. The third-order valence-electron chi connectivity index (χ3n) is 1.85. The Morgan fingerprint density at radius 1 is 1.00 bits per heavy atom. The van der Waals surface area contributed by atoms with Crippen molar-refractivity contribution >= 4 is 36.3 Å². The molecule has 0 unspecified atom stereocenters. The van der Waals surface area contributed by atoms with Gasteiger partial charge in [0.1, 0.15) is 0 Å². The zero-order valence-electron chi connectivity index (χ0n) is 5.32. The SMILES string of the molecule is BrP(Br)C1CCCCC1. The summed E-state index contributed by atoms with van der Waals surface area (Å²) in [6, 6.07) is 0. The molecule has 1 fully saturated rings. The highest BCUT2D eigenvalue weighted by molar-refractivity contribution is 9.69. The predicted octanol–water partition coefficient (Wildman–Crippen LogP) is 4.42. The Labute approximate surface area is 74.0 Å². The van der Waals surface area contributed by atoms with E-state index >= 15 is 0 Å². The van der Waals surface area contributed by atoms with E-state index in [0.29, 0.717) is 0 Å². The second-order valence-corrected chi connectivity index (χ2v) is 11.2. The molecular formula is C6H11Br2P. The number of hydrogen-bond donors (Lipinski definition) is 0. The van der Waals surface area contributed by atoms with E-state index in [-0.39, 0.29) is 5.33 Å². The van der Waals surface area contributed by atoms with Crippen molar-refractivity contribution in [3.05, 3.63) is 0 Å². The maximum atomic E-state index is 3.62. The first-order chi connectivity index (χ1) is 4.30. The fourth-order valence-corrected chi connectivity index (χ4v) is 4.49. The molecule has 0 atom stereocenters. The lowest BCUT2D eigenvalue weighted by Crippen LogP contribution is -2.06. The number of halogens is 2. The maximum absolute atomic E-state index is 3.62. The van der Waals surface area contributed by atoms with Gasteiger partial charge in [-0.05, 0) is 49.5 Å². The summed E-state index contributed by atoms with van der Waals surface area (Å²) in [7, 11) is 0. The van der Waals surface area contributed by atoms with Gasteiger partial charge >= 0.3 is 0 Å². The molecular weight excluding hydrogens is 263 g/mol. The van der Waals surface area contributed by atoms with Gasteiger partial charge in [-0.2, -0.15) is 0 Å². The molecule has 0 spiro atoms. The maximum Gasteiger partial charge on any atom is 0.0378 e. The van der Waals surface area contributed by atoms with Gasteiger partial charge in [-0.25, -0.2) is 0 Å². The monoisotopic (exact) mass is 272 g/mol. The quantitative estimate of drug-likeness (QED) is 0.621. The Hall–Kier alpha value is 1.39. The summed E-state index contributed by atoms with van der Waals surface area (Å²) in [5, 5.41) is 0.00637. The van der Waals surface area contributed by atoms with Crippen molar-refractivity contribution in [2.75, 3.05) is 0 Å². The highest BCUT2D eigenvalue weighted by Gasteiger charge is 2.18. The van der Waals surface area contributed by atoms with E-state index in [2.05, 4.69) is 31.0 Å². The van der Waals surface area contributed by atoms with Crippen LogP contribution in [0.15, 0.2) is 0 Å². The lowest BCUT2D eigenvalue weighted by molar-refractivity contribution is 0.515. The summed E-state index contributed by atoms with van der Waals surface area (Å²) >= 11 is 7.23. The summed E-state index contributed by atoms with van der Waals surface area (Å²) in [6.07, 6.45) is 7.21. The van der Waals surface area contributed by atoms with E-state index < -0.39 is 0 Å². The fraction of sp³-hybridized carbons (Fsp3) is 1.00. The van der Waals surface area contributed by atoms with Gasteiger partial charge in [-0.15, -0.1) is 0 Å². The molecule has 1 aliphatic rings. The average Bonchev–Trinajstić information content (AvgIpc) is 1.90. The van der Waals surface area contributed by atoms with Crippen LogP contribution in [0, 0.1) is 0 Å². The van der Waals surface area contributed by atoms with Gasteiger partial charge in [0.05, 0.1) is 0 Å². The van der Waals surface area contributed by atoms with E-state index in [1.54, 1.807) is 0 Å². The third-order valence-corrected chi connectivity index (χ3v) is 6.39. The molecule has 0 aromatic rings.